The average Bonchev–Trinajstić information content (AvgIpc) is 2.95. The summed E-state index contributed by atoms with van der Waals surface area (Å²) < 4.78 is 5.17. The number of hydrogen-bond acceptors (Lipinski definition) is 5. The van der Waals surface area contributed by atoms with E-state index in [-0.39, 0.29) is 0 Å². The Bertz CT molecular complexity index is 630. The fourth-order valence-corrected chi connectivity index (χ4v) is 2.25. The van der Waals surface area contributed by atoms with Gasteiger partial charge in [-0.05, 0) is 18.6 Å². The van der Waals surface area contributed by atoms with E-state index in [4.69, 9.17) is 21.2 Å². The first kappa shape index (κ1) is 16.5. The standard InChI is InChI=1S/C15H18ClN3O3/c1-2-4-12(15(20)21)17-8-7-13-18-14(19-22-13)10-5-3-6-11(16)9-10/h3,5-6,9,12,17H,2,4,7-8H2,1H3,(H,20,21). The minimum atomic E-state index is -0.841. The second kappa shape index (κ2) is 7.91. The van der Waals surface area contributed by atoms with Gasteiger partial charge in [-0.15, -0.1) is 0 Å². The van der Waals surface area contributed by atoms with Gasteiger partial charge in [0.15, 0.2) is 0 Å². The number of hydrogen-bond donors (Lipinski definition) is 2. The summed E-state index contributed by atoms with van der Waals surface area (Å²) in [5, 5.41) is 16.5. The van der Waals surface area contributed by atoms with Gasteiger partial charge in [-0.3, -0.25) is 4.79 Å². The van der Waals surface area contributed by atoms with E-state index in [2.05, 4.69) is 15.5 Å². The Balaban J connectivity index is 1.91. The lowest BCUT2D eigenvalue weighted by atomic mass is 10.1. The number of aromatic nitrogens is 2. The smallest absolute Gasteiger partial charge is 0.320 e. The van der Waals surface area contributed by atoms with E-state index < -0.39 is 12.0 Å². The molecule has 7 heteroatoms. The van der Waals surface area contributed by atoms with E-state index in [1.165, 1.54) is 0 Å². The molecule has 2 rings (SSSR count). The molecule has 2 N–H and O–H groups in total. The molecule has 0 radical (unpaired) electrons. The predicted octanol–water partition coefficient (Wildman–Crippen LogP) is 2.78. The molecule has 2 aromatic rings. The summed E-state index contributed by atoms with van der Waals surface area (Å²) in [6.07, 6.45) is 1.87. The van der Waals surface area contributed by atoms with Crippen LogP contribution in [0.1, 0.15) is 25.7 Å². The maximum Gasteiger partial charge on any atom is 0.320 e. The SMILES string of the molecule is CCCC(NCCc1nc(-c2cccc(Cl)c2)no1)C(=O)O. The maximum atomic E-state index is 11.0. The van der Waals surface area contributed by atoms with Gasteiger partial charge in [-0.2, -0.15) is 4.98 Å². The molecule has 1 unspecified atom stereocenters. The Morgan fingerprint density at radius 3 is 3.00 bits per heavy atom. The molecule has 1 heterocycles. The van der Waals surface area contributed by atoms with Crippen LogP contribution in [-0.2, 0) is 11.2 Å². The van der Waals surface area contributed by atoms with E-state index in [0.29, 0.717) is 36.1 Å². The average molecular weight is 324 g/mol. The van der Waals surface area contributed by atoms with E-state index in [1.54, 1.807) is 12.1 Å². The fourth-order valence-electron chi connectivity index (χ4n) is 2.06. The van der Waals surface area contributed by atoms with E-state index in [0.717, 1.165) is 12.0 Å². The molecule has 0 spiro atoms. The molecule has 1 aromatic carbocycles. The van der Waals surface area contributed by atoms with Gasteiger partial charge >= 0.3 is 5.97 Å². The Kier molecular flexibility index (Phi) is 5.91. The first-order valence-corrected chi connectivity index (χ1v) is 7.52. The van der Waals surface area contributed by atoms with E-state index >= 15 is 0 Å². The van der Waals surface area contributed by atoms with E-state index in [9.17, 15) is 4.79 Å². The number of carbonyl (C=O) groups is 1. The highest BCUT2D eigenvalue weighted by Gasteiger charge is 2.16. The molecule has 0 aliphatic heterocycles. The molecule has 1 atom stereocenters. The maximum absolute atomic E-state index is 11.0. The molecule has 0 bridgehead atoms. The van der Waals surface area contributed by atoms with Gasteiger partial charge in [-0.25, -0.2) is 0 Å². The van der Waals surface area contributed by atoms with Crippen LogP contribution in [0.5, 0.6) is 0 Å². The predicted molar refractivity (Wildman–Crippen MR) is 82.8 cm³/mol. The van der Waals surface area contributed by atoms with Crippen molar-refractivity contribution in [3.8, 4) is 11.4 Å². The van der Waals surface area contributed by atoms with Crippen molar-refractivity contribution in [3.05, 3.63) is 35.2 Å². The van der Waals surface area contributed by atoms with Gasteiger partial charge in [0.25, 0.3) is 0 Å². The Morgan fingerprint density at radius 2 is 2.32 bits per heavy atom. The highest BCUT2D eigenvalue weighted by atomic mass is 35.5. The molecule has 6 nitrogen and oxygen atoms in total. The molecule has 0 amide bonds. The second-order valence-electron chi connectivity index (χ2n) is 4.91. The molecule has 0 aliphatic rings. The number of nitrogens with zero attached hydrogens (tertiary/aromatic N) is 2. The molecular formula is C15H18ClN3O3. The van der Waals surface area contributed by atoms with Crippen LogP contribution in [0.4, 0.5) is 0 Å². The van der Waals surface area contributed by atoms with Crippen LogP contribution in [0.15, 0.2) is 28.8 Å². The van der Waals surface area contributed by atoms with Crippen LogP contribution in [0.3, 0.4) is 0 Å². The summed E-state index contributed by atoms with van der Waals surface area (Å²) in [6, 6.07) is 6.66. The topological polar surface area (TPSA) is 88.3 Å². The fraction of sp³-hybridized carbons (Fsp3) is 0.400. The van der Waals surface area contributed by atoms with Crippen molar-refractivity contribution >= 4 is 17.6 Å². The number of aliphatic carboxylic acids is 1. The molecule has 0 saturated carbocycles. The van der Waals surface area contributed by atoms with Crippen molar-refractivity contribution in [3.63, 3.8) is 0 Å². The molecule has 1 aromatic heterocycles. The number of halogens is 1. The normalized spacial score (nSPS) is 12.3. The van der Waals surface area contributed by atoms with Crippen molar-refractivity contribution in [2.75, 3.05) is 6.54 Å². The summed E-state index contributed by atoms with van der Waals surface area (Å²) in [6.45, 7) is 2.42. The van der Waals surface area contributed by atoms with Crippen LogP contribution < -0.4 is 5.32 Å². The van der Waals surface area contributed by atoms with Crippen molar-refractivity contribution in [2.45, 2.75) is 32.2 Å². The zero-order chi connectivity index (χ0) is 15.9. The number of benzene rings is 1. The number of carboxylic acid groups (broad SMARTS) is 1. The Labute approximate surface area is 133 Å². The number of carboxylic acids is 1. The zero-order valence-electron chi connectivity index (χ0n) is 12.3. The highest BCUT2D eigenvalue weighted by Crippen LogP contribution is 2.19. The minimum absolute atomic E-state index is 0.461. The molecule has 22 heavy (non-hydrogen) atoms. The second-order valence-corrected chi connectivity index (χ2v) is 5.34. The lowest BCUT2D eigenvalue weighted by Crippen LogP contribution is -2.37. The third kappa shape index (κ3) is 4.54. The largest absolute Gasteiger partial charge is 0.480 e. The van der Waals surface area contributed by atoms with Gasteiger partial charge in [0.2, 0.25) is 11.7 Å². The Morgan fingerprint density at radius 1 is 1.50 bits per heavy atom. The lowest BCUT2D eigenvalue weighted by molar-refractivity contribution is -0.139. The summed E-state index contributed by atoms with van der Waals surface area (Å²) in [7, 11) is 0. The first-order valence-electron chi connectivity index (χ1n) is 7.15. The molecule has 0 saturated heterocycles. The van der Waals surface area contributed by atoms with E-state index in [1.807, 2.05) is 19.1 Å². The molecular weight excluding hydrogens is 306 g/mol. The first-order chi connectivity index (χ1) is 10.6. The third-order valence-corrected chi connectivity index (χ3v) is 3.39. The monoisotopic (exact) mass is 323 g/mol. The summed E-state index contributed by atoms with van der Waals surface area (Å²) in [4.78, 5) is 15.3. The van der Waals surface area contributed by atoms with Gasteiger partial charge in [0.05, 0.1) is 0 Å². The van der Waals surface area contributed by atoms with Gasteiger partial charge < -0.3 is 14.9 Å². The summed E-state index contributed by atoms with van der Waals surface area (Å²) in [5.41, 5.74) is 0.782. The van der Waals surface area contributed by atoms with Gasteiger partial charge in [0.1, 0.15) is 6.04 Å². The van der Waals surface area contributed by atoms with Crippen molar-refractivity contribution in [1.82, 2.24) is 15.5 Å². The van der Waals surface area contributed by atoms with Gasteiger partial charge in [-0.1, -0.05) is 42.2 Å². The van der Waals surface area contributed by atoms with Crippen molar-refractivity contribution < 1.29 is 14.4 Å². The van der Waals surface area contributed by atoms with Crippen LogP contribution in [0.2, 0.25) is 5.02 Å². The molecule has 118 valence electrons. The van der Waals surface area contributed by atoms with Gasteiger partial charge in [0, 0.05) is 23.6 Å². The summed E-state index contributed by atoms with van der Waals surface area (Å²) >= 11 is 5.93. The summed E-state index contributed by atoms with van der Waals surface area (Å²) in [5.74, 6) is 0.0935. The number of rotatable bonds is 8. The lowest BCUT2D eigenvalue weighted by Gasteiger charge is -2.11. The highest BCUT2D eigenvalue weighted by molar-refractivity contribution is 6.30. The third-order valence-electron chi connectivity index (χ3n) is 3.16. The zero-order valence-corrected chi connectivity index (χ0v) is 13.0. The molecule has 0 aliphatic carbocycles. The van der Waals surface area contributed by atoms with Crippen molar-refractivity contribution in [1.29, 1.82) is 0 Å². The van der Waals surface area contributed by atoms with Crippen LogP contribution >= 0.6 is 11.6 Å². The number of nitrogens with one attached hydrogen (secondary N) is 1. The van der Waals surface area contributed by atoms with Crippen LogP contribution in [-0.4, -0.2) is 33.8 Å². The quantitative estimate of drug-likeness (QED) is 0.776. The molecule has 0 fully saturated rings. The van der Waals surface area contributed by atoms with Crippen LogP contribution in [0, 0.1) is 0 Å². The Hall–Kier alpha value is -1.92. The minimum Gasteiger partial charge on any atom is -0.480 e. The van der Waals surface area contributed by atoms with Crippen LogP contribution in [0.25, 0.3) is 11.4 Å². The van der Waals surface area contributed by atoms with Crippen molar-refractivity contribution in [2.24, 2.45) is 0 Å².